The SMILES string of the molecule is N#Cc1cc(Cn2cc(CN)cn2)ccn1. The Kier molecular flexibility index (Phi) is 2.94. The van der Waals surface area contributed by atoms with E-state index in [-0.39, 0.29) is 0 Å². The molecule has 2 aromatic rings. The molecule has 16 heavy (non-hydrogen) atoms. The zero-order valence-corrected chi connectivity index (χ0v) is 8.67. The standard InChI is InChI=1S/C11H11N5/c12-4-10-6-15-16(8-10)7-9-1-2-14-11(3-9)5-13/h1-3,6,8H,4,7,12H2. The van der Waals surface area contributed by atoms with E-state index in [1.165, 1.54) is 0 Å². The molecule has 0 amide bonds. The van der Waals surface area contributed by atoms with Gasteiger partial charge in [0.15, 0.2) is 0 Å². The second-order valence-electron chi connectivity index (χ2n) is 3.41. The lowest BCUT2D eigenvalue weighted by Gasteiger charge is -2.01. The van der Waals surface area contributed by atoms with E-state index in [0.717, 1.165) is 11.1 Å². The van der Waals surface area contributed by atoms with Crippen molar-refractivity contribution in [3.8, 4) is 6.07 Å². The maximum atomic E-state index is 8.72. The van der Waals surface area contributed by atoms with E-state index in [4.69, 9.17) is 11.0 Å². The molecule has 0 radical (unpaired) electrons. The van der Waals surface area contributed by atoms with Crippen molar-refractivity contribution in [2.45, 2.75) is 13.1 Å². The highest BCUT2D eigenvalue weighted by Gasteiger charge is 2.00. The summed E-state index contributed by atoms with van der Waals surface area (Å²) in [5, 5.41) is 12.9. The Hall–Kier alpha value is -2.19. The van der Waals surface area contributed by atoms with E-state index in [2.05, 4.69) is 10.1 Å². The highest BCUT2D eigenvalue weighted by atomic mass is 15.3. The Balaban J connectivity index is 2.17. The van der Waals surface area contributed by atoms with Gasteiger partial charge in [0.25, 0.3) is 0 Å². The number of pyridine rings is 1. The summed E-state index contributed by atoms with van der Waals surface area (Å²) in [5.41, 5.74) is 7.91. The minimum Gasteiger partial charge on any atom is -0.326 e. The summed E-state index contributed by atoms with van der Waals surface area (Å²) in [6, 6.07) is 5.63. The zero-order valence-electron chi connectivity index (χ0n) is 8.67. The lowest BCUT2D eigenvalue weighted by atomic mass is 10.2. The summed E-state index contributed by atoms with van der Waals surface area (Å²) in [6.07, 6.45) is 5.26. The number of nitrogens with two attached hydrogens (primary N) is 1. The van der Waals surface area contributed by atoms with Gasteiger partial charge in [0.05, 0.1) is 12.7 Å². The van der Waals surface area contributed by atoms with Crippen molar-refractivity contribution in [1.82, 2.24) is 14.8 Å². The topological polar surface area (TPSA) is 80.5 Å². The van der Waals surface area contributed by atoms with Crippen LogP contribution in [0.5, 0.6) is 0 Å². The van der Waals surface area contributed by atoms with Crippen molar-refractivity contribution in [3.05, 3.63) is 47.5 Å². The van der Waals surface area contributed by atoms with Gasteiger partial charge in [0.1, 0.15) is 11.8 Å². The minimum atomic E-state index is 0.420. The lowest BCUT2D eigenvalue weighted by Crippen LogP contribution is -2.01. The Morgan fingerprint density at radius 1 is 1.44 bits per heavy atom. The predicted molar refractivity (Wildman–Crippen MR) is 58.2 cm³/mol. The normalized spacial score (nSPS) is 10.0. The Labute approximate surface area is 93.1 Å². The van der Waals surface area contributed by atoms with Crippen molar-refractivity contribution >= 4 is 0 Å². The molecule has 0 saturated carbocycles. The molecule has 2 N–H and O–H groups in total. The number of hydrogen-bond acceptors (Lipinski definition) is 4. The van der Waals surface area contributed by atoms with Gasteiger partial charge in [-0.15, -0.1) is 0 Å². The second-order valence-corrected chi connectivity index (χ2v) is 3.41. The fourth-order valence-corrected chi connectivity index (χ4v) is 1.42. The van der Waals surface area contributed by atoms with Gasteiger partial charge in [-0.05, 0) is 17.7 Å². The van der Waals surface area contributed by atoms with Crippen molar-refractivity contribution in [3.63, 3.8) is 0 Å². The van der Waals surface area contributed by atoms with E-state index < -0.39 is 0 Å². The van der Waals surface area contributed by atoms with Gasteiger partial charge in [-0.25, -0.2) is 4.98 Å². The molecule has 5 heteroatoms. The molecule has 0 aliphatic heterocycles. The molecule has 0 saturated heterocycles. The molecule has 2 rings (SSSR count). The molecule has 0 fully saturated rings. The van der Waals surface area contributed by atoms with E-state index >= 15 is 0 Å². The highest BCUT2D eigenvalue weighted by molar-refractivity contribution is 5.25. The first-order valence-electron chi connectivity index (χ1n) is 4.88. The van der Waals surface area contributed by atoms with Crippen LogP contribution in [-0.4, -0.2) is 14.8 Å². The molecule has 80 valence electrons. The van der Waals surface area contributed by atoms with Crippen LogP contribution in [-0.2, 0) is 13.1 Å². The third kappa shape index (κ3) is 2.24. The minimum absolute atomic E-state index is 0.420. The average molecular weight is 213 g/mol. The van der Waals surface area contributed by atoms with E-state index in [0.29, 0.717) is 18.8 Å². The predicted octanol–water partition coefficient (Wildman–Crippen LogP) is 0.657. The molecule has 0 unspecified atom stereocenters. The molecule has 2 heterocycles. The van der Waals surface area contributed by atoms with Gasteiger partial charge in [-0.1, -0.05) is 0 Å². The number of nitriles is 1. The molecule has 0 aliphatic rings. The van der Waals surface area contributed by atoms with Crippen LogP contribution >= 0.6 is 0 Å². The van der Waals surface area contributed by atoms with Gasteiger partial charge in [0.2, 0.25) is 0 Å². The fraction of sp³-hybridized carbons (Fsp3) is 0.182. The summed E-state index contributed by atoms with van der Waals surface area (Å²) < 4.78 is 1.79. The molecular formula is C11H11N5. The van der Waals surface area contributed by atoms with E-state index in [1.807, 2.05) is 18.3 Å². The third-order valence-corrected chi connectivity index (χ3v) is 2.21. The van der Waals surface area contributed by atoms with Crippen LogP contribution in [0.1, 0.15) is 16.8 Å². The van der Waals surface area contributed by atoms with Crippen LogP contribution in [0.25, 0.3) is 0 Å². The van der Waals surface area contributed by atoms with E-state index in [9.17, 15) is 0 Å². The number of nitrogens with zero attached hydrogens (tertiary/aromatic N) is 4. The van der Waals surface area contributed by atoms with Crippen molar-refractivity contribution in [1.29, 1.82) is 5.26 Å². The van der Waals surface area contributed by atoms with E-state index in [1.54, 1.807) is 23.1 Å². The summed E-state index contributed by atoms with van der Waals surface area (Å²) >= 11 is 0. The first kappa shape index (κ1) is 10.3. The summed E-state index contributed by atoms with van der Waals surface area (Å²) in [6.45, 7) is 1.11. The lowest BCUT2D eigenvalue weighted by molar-refractivity contribution is 0.685. The Bertz CT molecular complexity index is 523. The van der Waals surface area contributed by atoms with Gasteiger partial charge < -0.3 is 5.73 Å². The molecule has 2 aromatic heterocycles. The van der Waals surface area contributed by atoms with Crippen LogP contribution < -0.4 is 5.73 Å². The molecule has 0 spiro atoms. The fourth-order valence-electron chi connectivity index (χ4n) is 1.42. The monoisotopic (exact) mass is 213 g/mol. The first-order chi connectivity index (χ1) is 7.81. The molecule has 0 aromatic carbocycles. The van der Waals surface area contributed by atoms with Gasteiger partial charge >= 0.3 is 0 Å². The summed E-state index contributed by atoms with van der Waals surface area (Å²) in [4.78, 5) is 3.91. The number of rotatable bonds is 3. The van der Waals surface area contributed by atoms with Gasteiger partial charge in [0, 0.05) is 24.5 Å². The van der Waals surface area contributed by atoms with Gasteiger partial charge in [-0.3, -0.25) is 4.68 Å². The maximum absolute atomic E-state index is 8.72. The molecule has 0 bridgehead atoms. The van der Waals surface area contributed by atoms with Crippen molar-refractivity contribution < 1.29 is 0 Å². The summed E-state index contributed by atoms with van der Waals surface area (Å²) in [7, 11) is 0. The molecule has 0 aliphatic carbocycles. The Morgan fingerprint density at radius 3 is 3.00 bits per heavy atom. The number of hydrogen-bond donors (Lipinski definition) is 1. The quantitative estimate of drug-likeness (QED) is 0.812. The van der Waals surface area contributed by atoms with Crippen LogP contribution in [0.4, 0.5) is 0 Å². The highest BCUT2D eigenvalue weighted by Crippen LogP contribution is 2.04. The van der Waals surface area contributed by atoms with Gasteiger partial charge in [-0.2, -0.15) is 10.4 Å². The average Bonchev–Trinajstić information content (AvgIpc) is 2.77. The van der Waals surface area contributed by atoms with Crippen molar-refractivity contribution in [2.75, 3.05) is 0 Å². The smallest absolute Gasteiger partial charge is 0.140 e. The second kappa shape index (κ2) is 4.55. The maximum Gasteiger partial charge on any atom is 0.140 e. The first-order valence-corrected chi connectivity index (χ1v) is 4.88. The summed E-state index contributed by atoms with van der Waals surface area (Å²) in [5.74, 6) is 0. The molecule has 5 nitrogen and oxygen atoms in total. The largest absolute Gasteiger partial charge is 0.326 e. The molecule has 0 atom stereocenters. The molecular weight excluding hydrogens is 202 g/mol. The van der Waals surface area contributed by atoms with Crippen LogP contribution in [0, 0.1) is 11.3 Å². The zero-order chi connectivity index (χ0) is 11.4. The van der Waals surface area contributed by atoms with Crippen LogP contribution in [0.2, 0.25) is 0 Å². The number of aromatic nitrogens is 3. The van der Waals surface area contributed by atoms with Crippen molar-refractivity contribution in [2.24, 2.45) is 5.73 Å². The van der Waals surface area contributed by atoms with Crippen LogP contribution in [0.3, 0.4) is 0 Å². The van der Waals surface area contributed by atoms with Crippen LogP contribution in [0.15, 0.2) is 30.7 Å². The Morgan fingerprint density at radius 2 is 2.31 bits per heavy atom. The third-order valence-electron chi connectivity index (χ3n) is 2.21.